The number of hydrogen-bond donors (Lipinski definition) is 2. The van der Waals surface area contributed by atoms with Crippen LogP contribution in [0.2, 0.25) is 10.0 Å². The molecule has 0 spiro atoms. The van der Waals surface area contributed by atoms with Gasteiger partial charge in [0.25, 0.3) is 15.9 Å². The zero-order valence-electron chi connectivity index (χ0n) is 33.5. The standard InChI is InChI=1S/C44H47Cl2FN6O6S/c1-43(2)11-9-31(37(24-43)29-3-5-32(45)6-4-29)27-52-15-17-53(18-16-52)33-7-8-36(39(22-33)59-34-21-30-10-14-48-40(30)49-25-34)41(54)51-60(55,56)35-23-38(46)42(50-26-35)58-28-44(47)12-19-57-20-13-44/h3-8,10,14,21-23,25-26H,9,11-13,15-20,24,27-28H2,1-2H3,(H,48,49)(H,51,54). The number of piperazine rings is 1. The summed E-state index contributed by atoms with van der Waals surface area (Å²) >= 11 is 12.6. The summed E-state index contributed by atoms with van der Waals surface area (Å²) in [6.07, 6.45) is 7.84. The molecule has 3 aliphatic rings. The van der Waals surface area contributed by atoms with Crippen LogP contribution in [0.5, 0.6) is 17.4 Å². The van der Waals surface area contributed by atoms with Crippen LogP contribution >= 0.6 is 23.2 Å². The second kappa shape index (κ2) is 17.3. The number of allylic oxidation sites excluding steroid dienone is 1. The first-order chi connectivity index (χ1) is 28.7. The first-order valence-electron chi connectivity index (χ1n) is 20.0. The van der Waals surface area contributed by atoms with Gasteiger partial charge in [-0.25, -0.2) is 27.5 Å². The number of rotatable bonds is 12. The molecule has 2 N–H and O–H groups in total. The number of alkyl halides is 1. The molecule has 316 valence electrons. The van der Waals surface area contributed by atoms with Crippen LogP contribution in [0.1, 0.15) is 61.9 Å². The molecule has 0 radical (unpaired) electrons. The van der Waals surface area contributed by atoms with Gasteiger partial charge >= 0.3 is 0 Å². The Hall–Kier alpha value is -4.73. The lowest BCUT2D eigenvalue weighted by Gasteiger charge is -2.39. The number of aromatic amines is 1. The number of halogens is 3. The Morgan fingerprint density at radius 3 is 2.48 bits per heavy atom. The van der Waals surface area contributed by atoms with E-state index in [4.69, 9.17) is 37.4 Å². The molecule has 1 amide bonds. The predicted molar refractivity (Wildman–Crippen MR) is 231 cm³/mol. The fraction of sp³-hybridized carbons (Fsp3) is 0.386. The highest BCUT2D eigenvalue weighted by Crippen LogP contribution is 2.43. The summed E-state index contributed by atoms with van der Waals surface area (Å²) in [5.41, 5.74) is 4.22. The molecule has 2 aromatic carbocycles. The Morgan fingerprint density at radius 1 is 0.967 bits per heavy atom. The van der Waals surface area contributed by atoms with Crippen molar-refractivity contribution in [1.29, 1.82) is 0 Å². The summed E-state index contributed by atoms with van der Waals surface area (Å²) in [6.45, 7) is 8.93. The number of nitrogens with one attached hydrogen (secondary N) is 2. The number of amides is 1. The molecule has 8 rings (SSSR count). The molecule has 5 heterocycles. The van der Waals surface area contributed by atoms with E-state index in [-0.39, 0.29) is 65.2 Å². The zero-order valence-corrected chi connectivity index (χ0v) is 35.8. The quantitative estimate of drug-likeness (QED) is 0.125. The van der Waals surface area contributed by atoms with Crippen LogP contribution in [-0.2, 0) is 14.8 Å². The molecule has 2 aliphatic heterocycles. The van der Waals surface area contributed by atoms with E-state index in [2.05, 4.69) is 55.5 Å². The second-order valence-corrected chi connectivity index (χ2v) is 19.0. The third kappa shape index (κ3) is 9.74. The molecule has 0 saturated carbocycles. The van der Waals surface area contributed by atoms with Crippen LogP contribution in [0.15, 0.2) is 89.7 Å². The van der Waals surface area contributed by atoms with Gasteiger partial charge in [-0.05, 0) is 78.3 Å². The number of ether oxygens (including phenoxy) is 3. The lowest BCUT2D eigenvalue weighted by molar-refractivity contribution is -0.0331. The minimum absolute atomic E-state index is 0.0132. The van der Waals surface area contributed by atoms with Crippen molar-refractivity contribution in [2.75, 3.05) is 57.4 Å². The maximum absolute atomic E-state index is 15.1. The van der Waals surface area contributed by atoms with Crippen molar-refractivity contribution >= 4 is 61.4 Å². The van der Waals surface area contributed by atoms with Crippen molar-refractivity contribution in [3.8, 4) is 17.4 Å². The van der Waals surface area contributed by atoms with Crippen LogP contribution in [-0.4, -0.2) is 92.4 Å². The highest BCUT2D eigenvalue weighted by molar-refractivity contribution is 7.90. The average molecular weight is 878 g/mol. The maximum Gasteiger partial charge on any atom is 0.268 e. The monoisotopic (exact) mass is 876 g/mol. The maximum atomic E-state index is 15.1. The van der Waals surface area contributed by atoms with Gasteiger partial charge in [-0.1, -0.05) is 54.8 Å². The van der Waals surface area contributed by atoms with E-state index in [9.17, 15) is 13.2 Å². The predicted octanol–water partition coefficient (Wildman–Crippen LogP) is 8.86. The molecular weight excluding hydrogens is 830 g/mol. The number of aromatic nitrogens is 3. The number of hydrogen-bond acceptors (Lipinski definition) is 10. The van der Waals surface area contributed by atoms with Crippen molar-refractivity contribution in [1.82, 2.24) is 24.6 Å². The Labute approximate surface area is 359 Å². The number of carbonyl (C=O) groups excluding carboxylic acids is 1. The highest BCUT2D eigenvalue weighted by Gasteiger charge is 2.34. The number of benzene rings is 2. The number of sulfonamides is 1. The molecule has 2 fully saturated rings. The van der Waals surface area contributed by atoms with Crippen LogP contribution in [0.4, 0.5) is 10.1 Å². The van der Waals surface area contributed by atoms with Gasteiger partial charge in [0, 0.05) is 87.1 Å². The van der Waals surface area contributed by atoms with Crippen molar-refractivity contribution < 1.29 is 31.8 Å². The molecule has 0 bridgehead atoms. The summed E-state index contributed by atoms with van der Waals surface area (Å²) in [5, 5.41) is 1.38. The van der Waals surface area contributed by atoms with E-state index < -0.39 is 21.6 Å². The molecule has 0 unspecified atom stereocenters. The highest BCUT2D eigenvalue weighted by atomic mass is 35.5. The zero-order chi connectivity index (χ0) is 42.1. The van der Waals surface area contributed by atoms with Gasteiger partial charge in [0.2, 0.25) is 5.88 Å². The first kappa shape index (κ1) is 42.0. The van der Waals surface area contributed by atoms with E-state index in [0.717, 1.165) is 80.3 Å². The summed E-state index contributed by atoms with van der Waals surface area (Å²) in [7, 11) is -4.47. The topological polar surface area (TPSA) is 139 Å². The Morgan fingerprint density at radius 2 is 1.73 bits per heavy atom. The molecule has 16 heteroatoms. The van der Waals surface area contributed by atoms with Crippen molar-refractivity contribution in [2.24, 2.45) is 5.41 Å². The molecule has 2 saturated heterocycles. The van der Waals surface area contributed by atoms with E-state index in [1.165, 1.54) is 22.9 Å². The third-order valence-corrected chi connectivity index (χ3v) is 13.3. The molecule has 12 nitrogen and oxygen atoms in total. The van der Waals surface area contributed by atoms with E-state index >= 15 is 4.39 Å². The Bertz CT molecular complexity index is 2520. The number of carbonyl (C=O) groups is 1. The van der Waals surface area contributed by atoms with E-state index in [0.29, 0.717) is 11.4 Å². The number of anilines is 1. The Balaban J connectivity index is 0.987. The lowest BCUT2D eigenvalue weighted by atomic mass is 9.72. The normalized spacial score (nSPS) is 18.4. The third-order valence-electron chi connectivity index (χ3n) is 11.5. The van der Waals surface area contributed by atoms with E-state index in [1.54, 1.807) is 30.5 Å². The molecule has 0 atom stereocenters. The van der Waals surface area contributed by atoms with Gasteiger partial charge in [-0.2, -0.15) is 0 Å². The molecule has 5 aromatic rings. The number of fused-ring (bicyclic) bond motifs is 1. The molecular formula is C44H47Cl2FN6O6S. The number of nitrogens with zero attached hydrogens (tertiary/aromatic N) is 4. The van der Waals surface area contributed by atoms with Crippen LogP contribution in [0.25, 0.3) is 16.6 Å². The minimum Gasteiger partial charge on any atom is -0.473 e. The summed E-state index contributed by atoms with van der Waals surface area (Å²) < 4.78 is 61.3. The fourth-order valence-corrected chi connectivity index (χ4v) is 9.30. The van der Waals surface area contributed by atoms with Crippen LogP contribution < -0.4 is 19.1 Å². The van der Waals surface area contributed by atoms with Gasteiger partial charge in [0.15, 0.2) is 0 Å². The minimum atomic E-state index is -4.47. The van der Waals surface area contributed by atoms with Gasteiger partial charge in [-0.15, -0.1) is 0 Å². The smallest absolute Gasteiger partial charge is 0.268 e. The summed E-state index contributed by atoms with van der Waals surface area (Å²) in [4.78, 5) is 29.7. The summed E-state index contributed by atoms with van der Waals surface area (Å²) in [6, 6.07) is 18.0. The average Bonchev–Trinajstić information content (AvgIpc) is 3.70. The number of H-pyrrole nitrogens is 1. The van der Waals surface area contributed by atoms with Crippen molar-refractivity contribution in [2.45, 2.75) is 56.5 Å². The van der Waals surface area contributed by atoms with Gasteiger partial charge in [-0.3, -0.25) is 9.69 Å². The molecule has 3 aromatic heterocycles. The summed E-state index contributed by atoms with van der Waals surface area (Å²) in [5.74, 6) is -0.532. The SMILES string of the molecule is CC1(C)CCC(CN2CCN(c3ccc(C(=O)NS(=O)(=O)c4cnc(OCC5(F)CCOCC5)c(Cl)c4)c(Oc4cnc5[nH]ccc5c4)c3)CC2)=C(c2ccc(Cl)cc2)C1. The van der Waals surface area contributed by atoms with E-state index in [1.807, 2.05) is 18.2 Å². The first-order valence-corrected chi connectivity index (χ1v) is 22.3. The van der Waals surface area contributed by atoms with Crippen LogP contribution in [0.3, 0.4) is 0 Å². The molecule has 60 heavy (non-hydrogen) atoms. The number of pyridine rings is 2. The van der Waals surface area contributed by atoms with Crippen molar-refractivity contribution in [3.63, 3.8) is 0 Å². The lowest BCUT2D eigenvalue weighted by Crippen LogP contribution is -2.47. The van der Waals surface area contributed by atoms with Crippen molar-refractivity contribution in [3.05, 3.63) is 106 Å². The van der Waals surface area contributed by atoms with Crippen LogP contribution in [0, 0.1) is 5.41 Å². The largest absolute Gasteiger partial charge is 0.473 e. The second-order valence-electron chi connectivity index (χ2n) is 16.5. The fourth-order valence-electron chi connectivity index (χ4n) is 7.96. The van der Waals surface area contributed by atoms with Gasteiger partial charge in [0.1, 0.15) is 39.3 Å². The Kier molecular flexibility index (Phi) is 12.1. The van der Waals surface area contributed by atoms with Gasteiger partial charge < -0.3 is 24.1 Å². The molecule has 1 aliphatic carbocycles. The van der Waals surface area contributed by atoms with Gasteiger partial charge in [0.05, 0.1) is 18.0 Å².